The third-order valence-corrected chi connectivity index (χ3v) is 3.58. The largest absolute Gasteiger partial charge is 0.481 e. The van der Waals surface area contributed by atoms with Crippen LogP contribution in [0.4, 0.5) is 0 Å². The molecule has 0 amide bonds. The quantitative estimate of drug-likeness (QED) is 0.807. The summed E-state index contributed by atoms with van der Waals surface area (Å²) >= 11 is 0. The van der Waals surface area contributed by atoms with Gasteiger partial charge in [-0.25, -0.2) is 0 Å². The van der Waals surface area contributed by atoms with E-state index in [-0.39, 0.29) is 0 Å². The molecule has 4 heteroatoms. The van der Waals surface area contributed by atoms with Crippen molar-refractivity contribution in [2.45, 2.75) is 33.2 Å². The van der Waals surface area contributed by atoms with E-state index in [4.69, 9.17) is 0 Å². The van der Waals surface area contributed by atoms with Gasteiger partial charge in [-0.05, 0) is 37.6 Å². The highest BCUT2D eigenvalue weighted by Crippen LogP contribution is 2.28. The van der Waals surface area contributed by atoms with Gasteiger partial charge in [0.05, 0.1) is 5.41 Å². The Morgan fingerprint density at radius 2 is 1.89 bits per heavy atom. The zero-order valence-electron chi connectivity index (χ0n) is 11.4. The van der Waals surface area contributed by atoms with Crippen LogP contribution >= 0.6 is 0 Å². The number of aromatic nitrogens is 1. The molecule has 1 rings (SSSR count). The molecule has 0 aromatic carbocycles. The fourth-order valence-electron chi connectivity index (χ4n) is 2.22. The smallest absolute Gasteiger partial charge is 0.310 e. The van der Waals surface area contributed by atoms with E-state index in [0.717, 1.165) is 12.1 Å². The normalized spacial score (nSPS) is 11.8. The van der Waals surface area contributed by atoms with Gasteiger partial charge in [-0.1, -0.05) is 13.8 Å². The molecule has 4 nitrogen and oxygen atoms in total. The third-order valence-electron chi connectivity index (χ3n) is 3.58. The SMILES string of the molecule is CCC(CC)(CN(C)Cc1ccncc1)C(=O)O. The zero-order valence-corrected chi connectivity index (χ0v) is 11.4. The zero-order chi connectivity index (χ0) is 13.6. The number of hydrogen-bond acceptors (Lipinski definition) is 3. The van der Waals surface area contributed by atoms with E-state index >= 15 is 0 Å². The predicted molar refractivity (Wildman–Crippen MR) is 71.2 cm³/mol. The van der Waals surface area contributed by atoms with Crippen LogP contribution in [0.25, 0.3) is 0 Å². The van der Waals surface area contributed by atoms with E-state index < -0.39 is 11.4 Å². The van der Waals surface area contributed by atoms with E-state index in [2.05, 4.69) is 9.88 Å². The fraction of sp³-hybridized carbons (Fsp3) is 0.571. The molecule has 18 heavy (non-hydrogen) atoms. The van der Waals surface area contributed by atoms with E-state index in [0.29, 0.717) is 19.4 Å². The molecule has 0 atom stereocenters. The van der Waals surface area contributed by atoms with Crippen molar-refractivity contribution in [3.05, 3.63) is 30.1 Å². The van der Waals surface area contributed by atoms with E-state index in [1.807, 2.05) is 33.0 Å². The minimum Gasteiger partial charge on any atom is -0.481 e. The molecule has 0 aliphatic carbocycles. The van der Waals surface area contributed by atoms with Gasteiger partial charge in [0.15, 0.2) is 0 Å². The van der Waals surface area contributed by atoms with Crippen molar-refractivity contribution in [2.75, 3.05) is 13.6 Å². The molecule has 1 aromatic heterocycles. The lowest BCUT2D eigenvalue weighted by atomic mass is 9.82. The molecule has 0 bridgehead atoms. The summed E-state index contributed by atoms with van der Waals surface area (Å²) in [6, 6.07) is 3.91. The van der Waals surface area contributed by atoms with E-state index in [1.165, 1.54) is 0 Å². The topological polar surface area (TPSA) is 53.4 Å². The van der Waals surface area contributed by atoms with Gasteiger partial charge in [-0.15, -0.1) is 0 Å². The number of carbonyl (C=O) groups is 1. The van der Waals surface area contributed by atoms with Crippen molar-refractivity contribution in [1.82, 2.24) is 9.88 Å². The molecule has 0 aliphatic heterocycles. The van der Waals surface area contributed by atoms with Gasteiger partial charge in [0, 0.05) is 25.5 Å². The van der Waals surface area contributed by atoms with E-state index in [1.54, 1.807) is 12.4 Å². The molecule has 0 saturated carbocycles. The van der Waals surface area contributed by atoms with Gasteiger partial charge < -0.3 is 10.0 Å². The summed E-state index contributed by atoms with van der Waals surface area (Å²) in [4.78, 5) is 17.5. The summed E-state index contributed by atoms with van der Waals surface area (Å²) < 4.78 is 0. The Kier molecular flexibility index (Phi) is 5.28. The minimum atomic E-state index is -0.700. The molecular weight excluding hydrogens is 228 g/mol. The maximum atomic E-state index is 11.4. The molecule has 0 unspecified atom stereocenters. The first-order chi connectivity index (χ1) is 8.54. The predicted octanol–water partition coefficient (Wildman–Crippen LogP) is 2.40. The van der Waals surface area contributed by atoms with E-state index in [9.17, 15) is 9.90 Å². The van der Waals surface area contributed by atoms with Crippen LogP contribution in [0.3, 0.4) is 0 Å². The fourth-order valence-corrected chi connectivity index (χ4v) is 2.22. The van der Waals surface area contributed by atoms with Crippen LogP contribution in [0.2, 0.25) is 0 Å². The van der Waals surface area contributed by atoms with Gasteiger partial charge in [-0.3, -0.25) is 9.78 Å². The average molecular weight is 250 g/mol. The molecule has 0 spiro atoms. The second-order valence-corrected chi connectivity index (χ2v) is 4.82. The van der Waals surface area contributed by atoms with Crippen LogP contribution in [0.15, 0.2) is 24.5 Å². The minimum absolute atomic E-state index is 0.567. The number of pyridine rings is 1. The van der Waals surface area contributed by atoms with Crippen molar-refractivity contribution >= 4 is 5.97 Å². The molecule has 0 saturated heterocycles. The highest BCUT2D eigenvalue weighted by molar-refractivity contribution is 5.74. The molecular formula is C14H22N2O2. The van der Waals surface area contributed by atoms with Crippen molar-refractivity contribution in [3.8, 4) is 0 Å². The van der Waals surface area contributed by atoms with Crippen LogP contribution in [-0.2, 0) is 11.3 Å². The first kappa shape index (κ1) is 14.6. The van der Waals surface area contributed by atoms with Crippen molar-refractivity contribution in [3.63, 3.8) is 0 Å². The number of nitrogens with zero attached hydrogens (tertiary/aromatic N) is 2. The Balaban J connectivity index is 2.68. The summed E-state index contributed by atoms with van der Waals surface area (Å²) in [6.07, 6.45) is 4.82. The summed E-state index contributed by atoms with van der Waals surface area (Å²) in [7, 11) is 1.96. The lowest BCUT2D eigenvalue weighted by molar-refractivity contribution is -0.150. The van der Waals surface area contributed by atoms with Crippen molar-refractivity contribution in [2.24, 2.45) is 5.41 Å². The van der Waals surface area contributed by atoms with Gasteiger partial charge in [0.25, 0.3) is 0 Å². The second kappa shape index (κ2) is 6.50. The molecule has 0 aliphatic rings. The Morgan fingerprint density at radius 1 is 1.33 bits per heavy atom. The first-order valence-corrected chi connectivity index (χ1v) is 6.35. The lowest BCUT2D eigenvalue weighted by Crippen LogP contribution is -2.40. The van der Waals surface area contributed by atoms with Crippen LogP contribution < -0.4 is 0 Å². The Morgan fingerprint density at radius 3 is 2.33 bits per heavy atom. The Bertz CT molecular complexity index is 375. The number of hydrogen-bond donors (Lipinski definition) is 1. The Hall–Kier alpha value is -1.42. The highest BCUT2D eigenvalue weighted by Gasteiger charge is 2.35. The maximum absolute atomic E-state index is 11.4. The van der Waals surface area contributed by atoms with Crippen molar-refractivity contribution in [1.29, 1.82) is 0 Å². The Labute approximate surface area is 109 Å². The van der Waals surface area contributed by atoms with Crippen molar-refractivity contribution < 1.29 is 9.90 Å². The van der Waals surface area contributed by atoms with Gasteiger partial charge in [-0.2, -0.15) is 0 Å². The maximum Gasteiger partial charge on any atom is 0.310 e. The molecule has 1 aromatic rings. The number of rotatable bonds is 7. The summed E-state index contributed by atoms with van der Waals surface area (Å²) in [5.41, 5.74) is 0.515. The van der Waals surface area contributed by atoms with Crippen LogP contribution in [0.1, 0.15) is 32.3 Å². The highest BCUT2D eigenvalue weighted by atomic mass is 16.4. The summed E-state index contributed by atoms with van der Waals surface area (Å²) in [5.74, 6) is -0.700. The summed E-state index contributed by atoms with van der Waals surface area (Å²) in [6.45, 7) is 5.20. The lowest BCUT2D eigenvalue weighted by Gasteiger charge is -2.31. The molecule has 0 radical (unpaired) electrons. The molecule has 1 N–H and O–H groups in total. The number of aliphatic carboxylic acids is 1. The van der Waals surface area contributed by atoms with Crippen LogP contribution in [-0.4, -0.2) is 34.6 Å². The molecule has 0 fully saturated rings. The average Bonchev–Trinajstić information content (AvgIpc) is 2.37. The third kappa shape index (κ3) is 3.53. The molecule has 100 valence electrons. The monoisotopic (exact) mass is 250 g/mol. The van der Waals surface area contributed by atoms with Crippen LogP contribution in [0, 0.1) is 5.41 Å². The van der Waals surface area contributed by atoms with Gasteiger partial charge >= 0.3 is 5.97 Å². The van der Waals surface area contributed by atoms with Gasteiger partial charge in [0.1, 0.15) is 0 Å². The summed E-state index contributed by atoms with van der Waals surface area (Å²) in [5, 5.41) is 9.40. The molecule has 1 heterocycles. The van der Waals surface area contributed by atoms with Gasteiger partial charge in [0.2, 0.25) is 0 Å². The first-order valence-electron chi connectivity index (χ1n) is 6.35. The standard InChI is InChI=1S/C14H22N2O2/c1-4-14(5-2,13(17)18)11-16(3)10-12-6-8-15-9-7-12/h6-9H,4-5,10-11H2,1-3H3,(H,17,18). The number of carboxylic acid groups (broad SMARTS) is 1. The second-order valence-electron chi connectivity index (χ2n) is 4.82. The number of carboxylic acids is 1. The van der Waals surface area contributed by atoms with Crippen LogP contribution in [0.5, 0.6) is 0 Å².